The second-order valence-corrected chi connectivity index (χ2v) is 10.6. The average molecular weight is 609 g/mol. The number of benzene rings is 4. The van der Waals surface area contributed by atoms with Crippen LogP contribution >= 0.6 is 15.9 Å². The molecule has 0 aliphatic rings. The lowest BCUT2D eigenvalue weighted by Crippen LogP contribution is -2.43. The van der Waals surface area contributed by atoms with Crippen molar-refractivity contribution in [2.45, 2.75) is 26.1 Å². The molecule has 0 atom stereocenters. The maximum absolute atomic E-state index is 13.3. The van der Waals surface area contributed by atoms with Crippen molar-refractivity contribution < 1.29 is 14.6 Å². The van der Waals surface area contributed by atoms with Gasteiger partial charge in [0.2, 0.25) is 0 Å². The summed E-state index contributed by atoms with van der Waals surface area (Å²) in [5.74, 6) is 0.145. The summed E-state index contributed by atoms with van der Waals surface area (Å²) in [6, 6.07) is 35.7. The molecular formula is C34H30BrN3O3. The van der Waals surface area contributed by atoms with Gasteiger partial charge in [-0.3, -0.25) is 4.79 Å². The first-order valence-corrected chi connectivity index (χ1v) is 14.0. The fraction of sp³-hybridized carbons (Fsp3) is 0.118. The molecule has 0 unspecified atom stereocenters. The molecule has 0 aliphatic heterocycles. The van der Waals surface area contributed by atoms with Gasteiger partial charge in [0.15, 0.2) is 5.60 Å². The summed E-state index contributed by atoms with van der Waals surface area (Å²) in [5, 5.41) is 15.8. The van der Waals surface area contributed by atoms with Gasteiger partial charge in [0.25, 0.3) is 5.91 Å². The van der Waals surface area contributed by atoms with E-state index in [4.69, 9.17) is 4.74 Å². The molecule has 0 saturated heterocycles. The van der Waals surface area contributed by atoms with Crippen LogP contribution in [-0.4, -0.2) is 21.8 Å². The van der Waals surface area contributed by atoms with E-state index in [2.05, 4.69) is 31.0 Å². The molecule has 0 saturated carbocycles. The Labute approximate surface area is 248 Å². The quantitative estimate of drug-likeness (QED) is 0.142. The zero-order chi connectivity index (χ0) is 28.8. The summed E-state index contributed by atoms with van der Waals surface area (Å²) in [4.78, 5) is 13.3. The van der Waals surface area contributed by atoms with Gasteiger partial charge in [0.1, 0.15) is 12.4 Å². The van der Waals surface area contributed by atoms with Crippen molar-refractivity contribution >= 4 is 28.1 Å². The summed E-state index contributed by atoms with van der Waals surface area (Å²) in [6.45, 7) is 4.51. The van der Waals surface area contributed by atoms with Gasteiger partial charge in [-0.15, -0.1) is 0 Å². The van der Waals surface area contributed by atoms with Crippen molar-refractivity contribution in [2.75, 3.05) is 0 Å². The van der Waals surface area contributed by atoms with E-state index < -0.39 is 11.5 Å². The molecule has 1 aromatic heterocycles. The Bertz CT molecular complexity index is 1610. The Balaban J connectivity index is 1.30. The van der Waals surface area contributed by atoms with Crippen molar-refractivity contribution in [3.63, 3.8) is 0 Å². The smallest absolute Gasteiger partial charge is 0.281 e. The number of aryl methyl sites for hydroxylation is 1. The predicted molar refractivity (Wildman–Crippen MR) is 165 cm³/mol. The third kappa shape index (κ3) is 6.16. The number of aliphatic hydroxyl groups is 1. The van der Waals surface area contributed by atoms with E-state index in [0.29, 0.717) is 17.7 Å². The van der Waals surface area contributed by atoms with Crippen LogP contribution in [0.3, 0.4) is 0 Å². The van der Waals surface area contributed by atoms with Gasteiger partial charge < -0.3 is 14.4 Å². The molecule has 6 nitrogen and oxygen atoms in total. The molecule has 5 aromatic rings. The number of hydrogen-bond donors (Lipinski definition) is 2. The fourth-order valence-corrected chi connectivity index (χ4v) is 5.05. The Morgan fingerprint density at radius 3 is 2.07 bits per heavy atom. The van der Waals surface area contributed by atoms with Gasteiger partial charge in [0, 0.05) is 27.1 Å². The Morgan fingerprint density at radius 2 is 1.49 bits per heavy atom. The van der Waals surface area contributed by atoms with Crippen molar-refractivity contribution in [3.05, 3.63) is 153 Å². The Morgan fingerprint density at radius 1 is 0.902 bits per heavy atom. The summed E-state index contributed by atoms with van der Waals surface area (Å²) >= 11 is 3.45. The van der Waals surface area contributed by atoms with Crippen LogP contribution in [0, 0.1) is 13.8 Å². The van der Waals surface area contributed by atoms with Crippen molar-refractivity contribution in [2.24, 2.45) is 5.10 Å². The van der Waals surface area contributed by atoms with Crippen LogP contribution < -0.4 is 10.2 Å². The molecule has 0 radical (unpaired) electrons. The summed E-state index contributed by atoms with van der Waals surface area (Å²) in [7, 11) is 0. The third-order valence-corrected chi connectivity index (χ3v) is 7.49. The number of hydrogen-bond acceptors (Lipinski definition) is 4. The lowest BCUT2D eigenvalue weighted by Gasteiger charge is -2.27. The summed E-state index contributed by atoms with van der Waals surface area (Å²) in [5.41, 5.74) is 6.49. The van der Waals surface area contributed by atoms with Gasteiger partial charge in [-0.2, -0.15) is 5.10 Å². The maximum atomic E-state index is 13.3. The number of ether oxygens (including phenoxy) is 1. The highest BCUT2D eigenvalue weighted by atomic mass is 79.9. The van der Waals surface area contributed by atoms with E-state index in [9.17, 15) is 9.90 Å². The Kier molecular flexibility index (Phi) is 8.47. The Hall–Kier alpha value is -4.46. The SMILES string of the molecule is Cc1cc(/C=N/NC(=O)C(O)(c2ccccc2)c2ccccc2)c(C)n1-c1ccc(OCc2ccc(Br)cc2)cc1. The van der Waals surface area contributed by atoms with Gasteiger partial charge in [0.05, 0.1) is 6.21 Å². The largest absolute Gasteiger partial charge is 0.489 e. The summed E-state index contributed by atoms with van der Waals surface area (Å²) in [6.07, 6.45) is 1.60. The van der Waals surface area contributed by atoms with Crippen LogP contribution in [0.5, 0.6) is 5.75 Å². The van der Waals surface area contributed by atoms with Crippen LogP contribution in [0.2, 0.25) is 0 Å². The van der Waals surface area contributed by atoms with E-state index in [0.717, 1.165) is 38.4 Å². The van der Waals surface area contributed by atoms with Crippen LogP contribution in [0.1, 0.15) is 33.6 Å². The highest BCUT2D eigenvalue weighted by molar-refractivity contribution is 9.10. The molecule has 2 N–H and O–H groups in total. The zero-order valence-corrected chi connectivity index (χ0v) is 24.4. The van der Waals surface area contributed by atoms with Crippen molar-refractivity contribution in [3.8, 4) is 11.4 Å². The third-order valence-electron chi connectivity index (χ3n) is 6.97. The number of nitrogens with one attached hydrogen (secondary N) is 1. The first kappa shape index (κ1) is 28.1. The van der Waals surface area contributed by atoms with Crippen LogP contribution in [0.15, 0.2) is 125 Å². The first-order valence-electron chi connectivity index (χ1n) is 13.2. The minimum Gasteiger partial charge on any atom is -0.489 e. The number of nitrogens with zero attached hydrogens (tertiary/aromatic N) is 2. The number of carbonyl (C=O) groups is 1. The second-order valence-electron chi connectivity index (χ2n) is 9.71. The minimum atomic E-state index is -1.89. The minimum absolute atomic E-state index is 0.460. The number of amides is 1. The van der Waals surface area contributed by atoms with E-state index in [1.807, 2.05) is 80.6 Å². The van der Waals surface area contributed by atoms with Gasteiger partial charge in [-0.1, -0.05) is 88.7 Å². The molecule has 0 spiro atoms. The highest BCUT2D eigenvalue weighted by Gasteiger charge is 2.39. The van der Waals surface area contributed by atoms with Gasteiger partial charge in [-0.25, -0.2) is 5.43 Å². The van der Waals surface area contributed by atoms with Gasteiger partial charge in [-0.05, 0) is 73.0 Å². The molecule has 5 rings (SSSR count). The number of halogens is 1. The molecule has 0 aliphatic carbocycles. The molecule has 41 heavy (non-hydrogen) atoms. The number of hydrazone groups is 1. The number of carbonyl (C=O) groups excluding carboxylic acids is 1. The van der Waals surface area contributed by atoms with Crippen molar-refractivity contribution in [1.29, 1.82) is 0 Å². The van der Waals surface area contributed by atoms with Gasteiger partial charge >= 0.3 is 0 Å². The standard InChI is InChI=1S/C34H30BrN3O3/c1-24-21-27(22-36-37-33(39)34(40,28-9-5-3-6-10-28)29-11-7-4-8-12-29)25(2)38(24)31-17-19-32(20-18-31)41-23-26-13-15-30(35)16-14-26/h3-22,40H,23H2,1-2H3,(H,37,39)/b36-22+. The predicted octanol–water partition coefficient (Wildman–Crippen LogP) is 6.82. The molecule has 206 valence electrons. The fourth-order valence-electron chi connectivity index (χ4n) is 4.78. The van der Waals surface area contributed by atoms with Crippen LogP contribution in [0.4, 0.5) is 0 Å². The molecule has 0 bridgehead atoms. The number of rotatable bonds is 9. The molecule has 7 heteroatoms. The molecule has 1 amide bonds. The molecule has 0 fully saturated rings. The number of aromatic nitrogens is 1. The monoisotopic (exact) mass is 607 g/mol. The molecule has 1 heterocycles. The molecular weight excluding hydrogens is 578 g/mol. The first-order chi connectivity index (χ1) is 19.9. The lowest BCUT2D eigenvalue weighted by molar-refractivity contribution is -0.136. The highest BCUT2D eigenvalue weighted by Crippen LogP contribution is 2.30. The zero-order valence-electron chi connectivity index (χ0n) is 22.8. The van der Waals surface area contributed by atoms with E-state index in [1.165, 1.54) is 0 Å². The van der Waals surface area contributed by atoms with Crippen molar-refractivity contribution in [1.82, 2.24) is 9.99 Å². The summed E-state index contributed by atoms with van der Waals surface area (Å²) < 4.78 is 9.10. The lowest BCUT2D eigenvalue weighted by atomic mass is 9.85. The van der Waals surface area contributed by atoms with Crippen LogP contribution in [0.25, 0.3) is 5.69 Å². The molecule has 4 aromatic carbocycles. The van der Waals surface area contributed by atoms with E-state index >= 15 is 0 Å². The normalized spacial score (nSPS) is 11.5. The van der Waals surface area contributed by atoms with E-state index in [1.54, 1.807) is 54.7 Å². The maximum Gasteiger partial charge on any atom is 0.281 e. The van der Waals surface area contributed by atoms with E-state index in [-0.39, 0.29) is 0 Å². The second kappa shape index (κ2) is 12.4. The average Bonchev–Trinajstić information content (AvgIpc) is 3.29. The van der Waals surface area contributed by atoms with Crippen LogP contribution in [-0.2, 0) is 17.0 Å². The topological polar surface area (TPSA) is 75.9 Å².